The monoisotopic (exact) mass is 705 g/mol. The van der Waals surface area contributed by atoms with Crippen molar-refractivity contribution < 1.29 is 51.6 Å². The van der Waals surface area contributed by atoms with Gasteiger partial charge in [0.15, 0.2) is 11.3 Å². The third-order valence-corrected chi connectivity index (χ3v) is 11.4. The van der Waals surface area contributed by atoms with Crippen LogP contribution in [-0.4, -0.2) is 87.8 Å². The summed E-state index contributed by atoms with van der Waals surface area (Å²) < 4.78 is 68.8. The molecule has 4 aromatic rings. The van der Waals surface area contributed by atoms with Gasteiger partial charge in [-0.05, 0) is 30.0 Å². The largest absolute Gasteiger partial charge is 0.472 e. The van der Waals surface area contributed by atoms with E-state index in [1.807, 2.05) is 0 Å². The number of nitrogens with one attached hydrogen (secondary N) is 1. The Balaban J connectivity index is 1.20. The molecular weight excluding hydrogens is 680 g/mol. The number of aromatic amines is 1. The molecule has 7 rings (SSSR count). The second kappa shape index (κ2) is 11.7. The van der Waals surface area contributed by atoms with Crippen molar-refractivity contribution >= 4 is 66.6 Å². The van der Waals surface area contributed by atoms with Crippen LogP contribution in [0.15, 0.2) is 11.1 Å². The molecule has 242 valence electrons. The number of hydrogen-bond acceptors (Lipinski definition) is 18. The van der Waals surface area contributed by atoms with Crippen molar-refractivity contribution in [3.8, 4) is 0 Å². The van der Waals surface area contributed by atoms with E-state index in [0.717, 1.165) is 23.1 Å². The number of phosphoric acid groups is 2. The highest BCUT2D eigenvalue weighted by molar-refractivity contribution is 7.47. The number of nitrogens with two attached hydrogens (primary N) is 1. The van der Waals surface area contributed by atoms with Gasteiger partial charge in [-0.15, -0.1) is 0 Å². The van der Waals surface area contributed by atoms with E-state index >= 15 is 0 Å². The molecule has 2 bridgehead atoms. The predicted octanol–water partition coefficient (Wildman–Crippen LogP) is 1.27. The molecular formula is C22H25N7O12P2S2. The first kappa shape index (κ1) is 31.3. The third-order valence-electron chi connectivity index (χ3n) is 7.61. The third kappa shape index (κ3) is 5.86. The van der Waals surface area contributed by atoms with Gasteiger partial charge in [0.05, 0.1) is 41.8 Å². The zero-order chi connectivity index (χ0) is 31.7. The highest BCUT2D eigenvalue weighted by atomic mass is 32.1. The highest BCUT2D eigenvalue weighted by Crippen LogP contribution is 2.56. The Morgan fingerprint density at radius 3 is 2.44 bits per heavy atom. The van der Waals surface area contributed by atoms with Crippen molar-refractivity contribution in [1.29, 1.82) is 0 Å². The zero-order valence-corrected chi connectivity index (χ0v) is 26.4. The van der Waals surface area contributed by atoms with E-state index in [4.69, 9.17) is 33.3 Å². The molecule has 0 saturated carbocycles. The molecule has 19 nitrogen and oxygen atoms in total. The van der Waals surface area contributed by atoms with Crippen LogP contribution in [0.3, 0.4) is 0 Å². The first-order valence-corrected chi connectivity index (χ1v) is 17.9. The number of phosphoric ester groups is 2. The number of fused-ring (bicyclic) bond motifs is 5. The number of H-pyrrole nitrogens is 1. The van der Waals surface area contributed by atoms with E-state index in [9.17, 15) is 28.8 Å². The zero-order valence-electron chi connectivity index (χ0n) is 23.0. The van der Waals surface area contributed by atoms with E-state index in [1.54, 1.807) is 6.92 Å². The standard InChI is InChI=1S/C22H25N7O12P2S2/c1-7-26-14-16(22(31)27-7)29-45-20(14)18-17-8(3-30)11(39-18)4-36-42(32,33)40-9-2-10(38-12(9)5-37-43(34,35)41-17)19-13-15(28-44-19)21(23)25-6-24-13/h6,8-12,17-18,30H,2-5H2,1H3,(H,32,33)(H,34,35)(H2,23,24,25)(H,26,27,31)/t8-,9+,10-,11-,12-,17-,18-/m1/s1. The minimum absolute atomic E-state index is 0.00756. The van der Waals surface area contributed by atoms with Crippen molar-refractivity contribution in [3.63, 3.8) is 0 Å². The summed E-state index contributed by atoms with van der Waals surface area (Å²) >= 11 is 1.89. The molecule has 45 heavy (non-hydrogen) atoms. The number of aliphatic hydroxyl groups excluding tert-OH is 1. The Kier molecular flexibility index (Phi) is 8.13. The van der Waals surface area contributed by atoms with Crippen molar-refractivity contribution in [2.75, 3.05) is 25.6 Å². The summed E-state index contributed by atoms with van der Waals surface area (Å²) in [7, 11) is -9.73. The molecule has 3 fully saturated rings. The lowest BCUT2D eigenvalue weighted by molar-refractivity contribution is -0.0424. The Morgan fingerprint density at radius 1 is 0.956 bits per heavy atom. The van der Waals surface area contributed by atoms with Crippen LogP contribution in [0.5, 0.6) is 0 Å². The molecule has 0 aliphatic carbocycles. The number of rotatable bonds is 3. The molecule has 3 aliphatic heterocycles. The molecule has 4 aromatic heterocycles. The number of nitrogens with zero attached hydrogens (tertiary/aromatic N) is 5. The van der Waals surface area contributed by atoms with Crippen LogP contribution in [0.4, 0.5) is 5.82 Å². The number of aliphatic hydroxyl groups is 1. The second-order valence-electron chi connectivity index (χ2n) is 10.5. The highest BCUT2D eigenvalue weighted by Gasteiger charge is 2.52. The lowest BCUT2D eigenvalue weighted by atomic mass is 9.96. The van der Waals surface area contributed by atoms with Gasteiger partial charge in [-0.1, -0.05) is 0 Å². The van der Waals surface area contributed by atoms with Crippen LogP contribution in [0.1, 0.15) is 34.2 Å². The molecule has 7 heterocycles. The van der Waals surface area contributed by atoms with E-state index in [1.165, 1.54) is 6.33 Å². The molecule has 23 heteroatoms. The number of aryl methyl sites for hydroxylation is 1. The summed E-state index contributed by atoms with van der Waals surface area (Å²) in [5, 5.41) is 10.3. The first-order chi connectivity index (χ1) is 21.4. The molecule has 3 aliphatic rings. The van der Waals surface area contributed by atoms with Crippen LogP contribution in [0.25, 0.3) is 22.1 Å². The lowest BCUT2D eigenvalue weighted by Gasteiger charge is -2.25. The predicted molar refractivity (Wildman–Crippen MR) is 154 cm³/mol. The molecule has 3 saturated heterocycles. The fraction of sp³-hybridized carbons (Fsp3) is 0.545. The fourth-order valence-electron chi connectivity index (χ4n) is 5.57. The van der Waals surface area contributed by atoms with Crippen LogP contribution >= 0.6 is 38.7 Å². The topological polar surface area (TPSA) is 274 Å². The first-order valence-electron chi connectivity index (χ1n) is 13.4. The molecule has 2 unspecified atom stereocenters. The molecule has 0 aromatic carbocycles. The summed E-state index contributed by atoms with van der Waals surface area (Å²) in [6.07, 6.45) is -5.45. The minimum Gasteiger partial charge on any atom is -0.396 e. The maximum atomic E-state index is 13.4. The number of nitrogen functional groups attached to an aromatic ring is 1. The van der Waals surface area contributed by atoms with Gasteiger partial charge in [0.25, 0.3) is 5.56 Å². The summed E-state index contributed by atoms with van der Waals surface area (Å²) in [5.41, 5.74) is 6.35. The second-order valence-corrected chi connectivity index (χ2v) is 14.9. The average molecular weight is 706 g/mol. The van der Waals surface area contributed by atoms with Gasteiger partial charge < -0.3 is 35.1 Å². The Morgan fingerprint density at radius 2 is 1.67 bits per heavy atom. The van der Waals surface area contributed by atoms with Crippen molar-refractivity contribution in [3.05, 3.63) is 32.3 Å². The quantitative estimate of drug-likeness (QED) is 0.188. The number of aromatic nitrogens is 6. The molecule has 6 N–H and O–H groups in total. The van der Waals surface area contributed by atoms with Gasteiger partial charge in [-0.3, -0.25) is 22.9 Å². The molecule has 0 spiro atoms. The van der Waals surface area contributed by atoms with Crippen LogP contribution in [0.2, 0.25) is 0 Å². The SMILES string of the molecule is Cc1nc2c([C@@H]3O[C@@H]4COP(=O)(O)O[C@H]5C[C@H](c6snc7c(N)ncnc67)O[C@@H]5COP(=O)(O)O[C@@H]3[C@@H]4CO)snc2c(=O)[nH]1. The Hall–Kier alpha value is -2.36. The van der Waals surface area contributed by atoms with Crippen molar-refractivity contribution in [1.82, 2.24) is 28.7 Å². The van der Waals surface area contributed by atoms with Crippen molar-refractivity contribution in [2.45, 2.75) is 50.0 Å². The maximum Gasteiger partial charge on any atom is 0.472 e. The van der Waals surface area contributed by atoms with Gasteiger partial charge in [0.1, 0.15) is 53.1 Å². The summed E-state index contributed by atoms with van der Waals surface area (Å²) in [6.45, 7) is -0.251. The lowest BCUT2D eigenvalue weighted by Crippen LogP contribution is -2.32. The van der Waals surface area contributed by atoms with E-state index in [2.05, 4.69) is 28.7 Å². The maximum absolute atomic E-state index is 13.4. The number of anilines is 1. The van der Waals surface area contributed by atoms with E-state index in [-0.39, 0.29) is 34.0 Å². The Bertz CT molecular complexity index is 1920. The number of ether oxygens (including phenoxy) is 2. The summed E-state index contributed by atoms with van der Waals surface area (Å²) in [6, 6.07) is 0. The fourth-order valence-corrected chi connectivity index (χ4v) is 9.26. The summed E-state index contributed by atoms with van der Waals surface area (Å²) in [5.74, 6) is -0.602. The van der Waals surface area contributed by atoms with Crippen LogP contribution in [-0.2, 0) is 36.7 Å². The van der Waals surface area contributed by atoms with E-state index < -0.39 is 83.6 Å². The van der Waals surface area contributed by atoms with Crippen LogP contribution < -0.4 is 11.3 Å². The molecule has 9 atom stereocenters. The van der Waals surface area contributed by atoms with E-state index in [0.29, 0.717) is 15.9 Å². The van der Waals surface area contributed by atoms with Crippen molar-refractivity contribution in [2.24, 2.45) is 5.92 Å². The average Bonchev–Trinajstić information content (AvgIpc) is 3.74. The molecule has 0 radical (unpaired) electrons. The smallest absolute Gasteiger partial charge is 0.396 e. The van der Waals surface area contributed by atoms with Gasteiger partial charge in [-0.2, -0.15) is 8.75 Å². The Labute approximate surface area is 260 Å². The summed E-state index contributed by atoms with van der Waals surface area (Å²) in [4.78, 5) is 49.8. The van der Waals surface area contributed by atoms with Gasteiger partial charge in [0, 0.05) is 12.3 Å². The normalized spacial score (nSPS) is 36.0. The van der Waals surface area contributed by atoms with Gasteiger partial charge in [-0.25, -0.2) is 24.1 Å². The minimum atomic E-state index is -4.92. The van der Waals surface area contributed by atoms with Crippen LogP contribution in [0, 0.1) is 12.8 Å². The van der Waals surface area contributed by atoms with Gasteiger partial charge >= 0.3 is 15.6 Å². The molecule has 0 amide bonds. The number of hydrogen-bond donors (Lipinski definition) is 5. The van der Waals surface area contributed by atoms with Gasteiger partial charge in [0.2, 0.25) is 0 Å².